The Morgan fingerprint density at radius 1 is 1.06 bits per heavy atom. The first kappa shape index (κ1) is 22.7. The van der Waals surface area contributed by atoms with Crippen molar-refractivity contribution in [3.05, 3.63) is 88.3 Å². The average molecular weight is 459 g/mol. The zero-order valence-corrected chi connectivity index (χ0v) is 19.9. The van der Waals surface area contributed by atoms with Crippen molar-refractivity contribution in [3.8, 4) is 5.82 Å². The van der Waals surface area contributed by atoms with Gasteiger partial charge >= 0.3 is 0 Å². The quantitative estimate of drug-likeness (QED) is 0.332. The van der Waals surface area contributed by atoms with Crippen molar-refractivity contribution in [2.24, 2.45) is 0 Å². The van der Waals surface area contributed by atoms with E-state index in [9.17, 15) is 9.59 Å². The van der Waals surface area contributed by atoms with Crippen LogP contribution in [0.1, 0.15) is 31.9 Å². The van der Waals surface area contributed by atoms with Crippen molar-refractivity contribution >= 4 is 34.3 Å². The zero-order valence-electron chi connectivity index (χ0n) is 19.1. The number of pyridine rings is 1. The third-order valence-electron chi connectivity index (χ3n) is 5.24. The number of hydrogen-bond donors (Lipinski definition) is 1. The minimum atomic E-state index is -0.209. The third-order valence-corrected chi connectivity index (χ3v) is 6.18. The summed E-state index contributed by atoms with van der Waals surface area (Å²) in [6, 6.07) is 18.8. The number of para-hydroxylation sites is 1. The maximum absolute atomic E-state index is 13.3. The Morgan fingerprint density at radius 3 is 2.48 bits per heavy atom. The minimum Gasteiger partial charge on any atom is -0.325 e. The van der Waals surface area contributed by atoms with E-state index >= 15 is 0 Å². The Balaban J connectivity index is 1.60. The Labute approximate surface area is 197 Å². The van der Waals surface area contributed by atoms with Crippen molar-refractivity contribution in [3.63, 3.8) is 0 Å². The molecule has 0 fully saturated rings. The number of fused-ring (bicyclic) bond motifs is 1. The van der Waals surface area contributed by atoms with Gasteiger partial charge in [0, 0.05) is 11.9 Å². The summed E-state index contributed by atoms with van der Waals surface area (Å²) in [6.45, 7) is 8.39. The second-order valence-corrected chi connectivity index (χ2v) is 9.85. The van der Waals surface area contributed by atoms with Gasteiger partial charge in [-0.2, -0.15) is 0 Å². The fourth-order valence-corrected chi connectivity index (χ4v) is 4.24. The normalized spacial score (nSPS) is 11.5. The van der Waals surface area contributed by atoms with Crippen LogP contribution in [-0.4, -0.2) is 26.2 Å². The number of aromatic nitrogens is 3. The van der Waals surface area contributed by atoms with E-state index in [1.165, 1.54) is 21.9 Å². The first-order valence-corrected chi connectivity index (χ1v) is 11.7. The van der Waals surface area contributed by atoms with E-state index < -0.39 is 0 Å². The van der Waals surface area contributed by atoms with Crippen LogP contribution in [0.15, 0.2) is 76.8 Å². The molecule has 0 aliphatic rings. The highest BCUT2D eigenvalue weighted by Crippen LogP contribution is 2.24. The van der Waals surface area contributed by atoms with Crippen LogP contribution >= 0.6 is 11.8 Å². The molecule has 168 valence electrons. The number of aryl methyl sites for hydroxylation is 1. The second-order valence-electron chi connectivity index (χ2n) is 8.91. The van der Waals surface area contributed by atoms with Gasteiger partial charge in [-0.05, 0) is 59.9 Å². The smallest absolute Gasteiger partial charge is 0.267 e. The molecule has 0 atom stereocenters. The Kier molecular flexibility index (Phi) is 6.33. The molecule has 4 aromatic rings. The number of hydrogen-bond acceptors (Lipinski definition) is 5. The SMILES string of the molecule is Cc1ccnc(-n2c(SCC(=O)Nc3ccc(C(C)(C)C)cc3)nc3ccccc3c2=O)c1. The summed E-state index contributed by atoms with van der Waals surface area (Å²) in [4.78, 5) is 35.0. The molecule has 0 aliphatic carbocycles. The number of thioether (sulfide) groups is 1. The fraction of sp³-hybridized carbons (Fsp3) is 0.231. The number of amides is 1. The molecule has 2 heterocycles. The van der Waals surface area contributed by atoms with Gasteiger partial charge in [-0.15, -0.1) is 0 Å². The molecule has 4 rings (SSSR count). The van der Waals surface area contributed by atoms with Crippen molar-refractivity contribution < 1.29 is 4.79 Å². The van der Waals surface area contributed by atoms with Crippen LogP contribution in [0.25, 0.3) is 16.7 Å². The number of nitrogens with zero attached hydrogens (tertiary/aromatic N) is 3. The molecule has 33 heavy (non-hydrogen) atoms. The largest absolute Gasteiger partial charge is 0.325 e. The molecule has 0 bridgehead atoms. The summed E-state index contributed by atoms with van der Waals surface area (Å²) in [5.41, 5.74) is 3.34. The van der Waals surface area contributed by atoms with Crippen LogP contribution in [-0.2, 0) is 10.2 Å². The fourth-order valence-electron chi connectivity index (χ4n) is 3.43. The number of carbonyl (C=O) groups excluding carboxylic acids is 1. The Bertz CT molecular complexity index is 1370. The molecule has 0 spiro atoms. The summed E-state index contributed by atoms with van der Waals surface area (Å²) >= 11 is 1.21. The molecule has 0 unspecified atom stereocenters. The predicted octanol–water partition coefficient (Wildman–Crippen LogP) is 5.12. The van der Waals surface area contributed by atoms with Crippen molar-refractivity contribution in [2.45, 2.75) is 38.3 Å². The molecule has 7 heteroatoms. The van der Waals surface area contributed by atoms with Gasteiger partial charge in [-0.1, -0.05) is 56.8 Å². The second kappa shape index (κ2) is 9.19. The lowest BCUT2D eigenvalue weighted by Crippen LogP contribution is -2.23. The molecule has 1 amide bonds. The van der Waals surface area contributed by atoms with Gasteiger partial charge in [0.25, 0.3) is 5.56 Å². The molecule has 6 nitrogen and oxygen atoms in total. The van der Waals surface area contributed by atoms with Crippen molar-refractivity contribution in [1.29, 1.82) is 0 Å². The molecule has 0 saturated carbocycles. The summed E-state index contributed by atoms with van der Waals surface area (Å²) in [7, 11) is 0. The van der Waals surface area contributed by atoms with E-state index in [2.05, 4.69) is 36.1 Å². The lowest BCUT2D eigenvalue weighted by atomic mass is 9.87. The lowest BCUT2D eigenvalue weighted by molar-refractivity contribution is -0.113. The van der Waals surface area contributed by atoms with E-state index in [0.717, 1.165) is 11.3 Å². The third kappa shape index (κ3) is 5.14. The van der Waals surface area contributed by atoms with Crippen LogP contribution in [0, 0.1) is 6.92 Å². The maximum atomic E-state index is 13.3. The monoisotopic (exact) mass is 458 g/mol. The first-order chi connectivity index (χ1) is 15.7. The molecular formula is C26H26N4O2S. The first-order valence-electron chi connectivity index (χ1n) is 10.7. The number of carbonyl (C=O) groups is 1. The molecule has 2 aromatic heterocycles. The van der Waals surface area contributed by atoms with Gasteiger partial charge in [-0.25, -0.2) is 14.5 Å². The summed E-state index contributed by atoms with van der Waals surface area (Å²) in [5.74, 6) is 0.422. The molecule has 2 aromatic carbocycles. The number of benzene rings is 2. The lowest BCUT2D eigenvalue weighted by Gasteiger charge is -2.19. The molecular weight excluding hydrogens is 432 g/mol. The summed E-state index contributed by atoms with van der Waals surface area (Å²) in [5, 5.41) is 3.85. The molecule has 0 aliphatic heterocycles. The average Bonchev–Trinajstić information content (AvgIpc) is 2.77. The molecule has 1 N–H and O–H groups in total. The summed E-state index contributed by atoms with van der Waals surface area (Å²) < 4.78 is 1.48. The topological polar surface area (TPSA) is 76.9 Å². The van der Waals surface area contributed by atoms with Gasteiger partial charge in [0.2, 0.25) is 5.91 Å². The van der Waals surface area contributed by atoms with Gasteiger partial charge in [-0.3, -0.25) is 9.59 Å². The van der Waals surface area contributed by atoms with E-state index in [1.807, 2.05) is 55.5 Å². The maximum Gasteiger partial charge on any atom is 0.267 e. The molecule has 0 saturated heterocycles. The Hall–Kier alpha value is -3.45. The highest BCUT2D eigenvalue weighted by atomic mass is 32.2. The zero-order chi connectivity index (χ0) is 23.6. The minimum absolute atomic E-state index is 0.0492. The van der Waals surface area contributed by atoms with Crippen LogP contribution in [0.5, 0.6) is 0 Å². The van der Waals surface area contributed by atoms with Gasteiger partial charge in [0.1, 0.15) is 5.82 Å². The number of anilines is 1. The number of rotatable bonds is 5. The van der Waals surface area contributed by atoms with E-state index in [-0.39, 0.29) is 22.6 Å². The standard InChI is InChI=1S/C26H26N4O2S/c1-17-13-14-27-22(15-17)30-24(32)20-7-5-6-8-21(20)29-25(30)33-16-23(31)28-19-11-9-18(10-12-19)26(2,3)4/h5-15H,16H2,1-4H3,(H,28,31). The van der Waals surface area contributed by atoms with Crippen molar-refractivity contribution in [1.82, 2.24) is 14.5 Å². The van der Waals surface area contributed by atoms with Crippen LogP contribution < -0.4 is 10.9 Å². The highest BCUT2D eigenvalue weighted by Gasteiger charge is 2.16. The van der Waals surface area contributed by atoms with E-state index in [4.69, 9.17) is 0 Å². The van der Waals surface area contributed by atoms with Crippen LogP contribution in [0.3, 0.4) is 0 Å². The summed E-state index contributed by atoms with van der Waals surface area (Å²) in [6.07, 6.45) is 1.66. The van der Waals surface area contributed by atoms with Crippen molar-refractivity contribution in [2.75, 3.05) is 11.1 Å². The van der Waals surface area contributed by atoms with Gasteiger partial charge < -0.3 is 5.32 Å². The number of nitrogens with one attached hydrogen (secondary N) is 1. The van der Waals surface area contributed by atoms with Crippen LogP contribution in [0.4, 0.5) is 5.69 Å². The van der Waals surface area contributed by atoms with Gasteiger partial charge in [0.05, 0.1) is 16.7 Å². The van der Waals surface area contributed by atoms with Crippen LogP contribution in [0.2, 0.25) is 0 Å². The highest BCUT2D eigenvalue weighted by molar-refractivity contribution is 7.99. The van der Waals surface area contributed by atoms with E-state index in [0.29, 0.717) is 21.9 Å². The predicted molar refractivity (Wildman–Crippen MR) is 134 cm³/mol. The van der Waals surface area contributed by atoms with Gasteiger partial charge in [0.15, 0.2) is 5.16 Å². The molecule has 0 radical (unpaired) electrons. The Morgan fingerprint density at radius 2 is 1.79 bits per heavy atom. The van der Waals surface area contributed by atoms with E-state index in [1.54, 1.807) is 18.3 Å².